The van der Waals surface area contributed by atoms with Gasteiger partial charge in [0.2, 0.25) is 0 Å². The highest BCUT2D eigenvalue weighted by molar-refractivity contribution is 5.82. The van der Waals surface area contributed by atoms with Crippen molar-refractivity contribution in [3.63, 3.8) is 0 Å². The van der Waals surface area contributed by atoms with E-state index in [1.807, 2.05) is 32.0 Å². The van der Waals surface area contributed by atoms with Gasteiger partial charge in [-0.25, -0.2) is 0 Å². The lowest BCUT2D eigenvalue weighted by Crippen LogP contribution is -2.39. The van der Waals surface area contributed by atoms with Crippen molar-refractivity contribution in [2.45, 2.75) is 45.4 Å². The second-order valence-electron chi connectivity index (χ2n) is 6.47. The summed E-state index contributed by atoms with van der Waals surface area (Å²) in [5.41, 5.74) is 0.689. The van der Waals surface area contributed by atoms with Crippen molar-refractivity contribution < 1.29 is 24.2 Å². The van der Waals surface area contributed by atoms with E-state index in [1.54, 1.807) is 43.3 Å². The van der Waals surface area contributed by atoms with Gasteiger partial charge in [-0.15, -0.1) is 0 Å². The Morgan fingerprint density at radius 2 is 1.52 bits per heavy atom. The van der Waals surface area contributed by atoms with Crippen LogP contribution in [0.5, 0.6) is 11.5 Å². The molecule has 0 radical (unpaired) electrons. The Balaban J connectivity index is 2.06. The first-order valence-corrected chi connectivity index (χ1v) is 8.85. The summed E-state index contributed by atoms with van der Waals surface area (Å²) in [4.78, 5) is 23.7. The van der Waals surface area contributed by atoms with Gasteiger partial charge in [0, 0.05) is 0 Å². The molecule has 0 spiro atoms. The van der Waals surface area contributed by atoms with Gasteiger partial charge >= 0.3 is 5.97 Å². The lowest BCUT2D eigenvalue weighted by Gasteiger charge is -2.21. The lowest BCUT2D eigenvalue weighted by atomic mass is 10.0. The van der Waals surface area contributed by atoms with Crippen molar-refractivity contribution in [2.75, 3.05) is 0 Å². The molecule has 2 rings (SSSR count). The number of aliphatic carboxylic acids is 1. The Kier molecular flexibility index (Phi) is 7.23. The van der Waals surface area contributed by atoms with E-state index in [0.29, 0.717) is 17.1 Å². The van der Waals surface area contributed by atoms with Crippen LogP contribution in [-0.2, 0) is 9.59 Å². The molecule has 0 bridgehead atoms. The summed E-state index contributed by atoms with van der Waals surface area (Å²) < 4.78 is 11.2. The standard InChI is InChI=1S/C21H25NO5/c1-14(2)26-18-11-9-16(10-12-18)19(13-20(23)24)22-21(25)15(3)27-17-7-5-4-6-8-17/h4-12,14-15,19H,13H2,1-3H3,(H,22,25)(H,23,24)/t15-,19-/m1/s1. The van der Waals surface area contributed by atoms with E-state index >= 15 is 0 Å². The molecule has 144 valence electrons. The van der Waals surface area contributed by atoms with Crippen molar-refractivity contribution in [2.24, 2.45) is 0 Å². The SMILES string of the molecule is CC(C)Oc1ccc([C@@H](CC(=O)O)NC(=O)[C@@H](C)Oc2ccccc2)cc1. The summed E-state index contributed by atoms with van der Waals surface area (Å²) in [6.45, 7) is 5.48. The molecule has 0 heterocycles. The summed E-state index contributed by atoms with van der Waals surface area (Å²) >= 11 is 0. The van der Waals surface area contributed by atoms with Crippen molar-refractivity contribution in [1.29, 1.82) is 0 Å². The van der Waals surface area contributed by atoms with Crippen LogP contribution in [0.1, 0.15) is 38.8 Å². The molecule has 0 fully saturated rings. The monoisotopic (exact) mass is 371 g/mol. The molecular formula is C21H25NO5. The first-order chi connectivity index (χ1) is 12.8. The molecule has 6 nitrogen and oxygen atoms in total. The van der Waals surface area contributed by atoms with E-state index in [2.05, 4.69) is 5.32 Å². The fourth-order valence-corrected chi connectivity index (χ4v) is 2.52. The Hall–Kier alpha value is -3.02. The fourth-order valence-electron chi connectivity index (χ4n) is 2.52. The first kappa shape index (κ1) is 20.3. The number of hydrogen-bond donors (Lipinski definition) is 2. The third-order valence-corrected chi connectivity index (χ3v) is 3.77. The first-order valence-electron chi connectivity index (χ1n) is 8.85. The number of carboxylic acids is 1. The van der Waals surface area contributed by atoms with Crippen molar-refractivity contribution in [1.82, 2.24) is 5.32 Å². The lowest BCUT2D eigenvalue weighted by molar-refractivity contribution is -0.138. The van der Waals surface area contributed by atoms with Crippen molar-refractivity contribution in [3.8, 4) is 11.5 Å². The van der Waals surface area contributed by atoms with E-state index in [1.165, 1.54) is 0 Å². The summed E-state index contributed by atoms with van der Waals surface area (Å²) in [7, 11) is 0. The Labute approximate surface area is 159 Å². The van der Waals surface area contributed by atoms with Crippen LogP contribution in [0.4, 0.5) is 0 Å². The molecule has 2 aromatic rings. The molecule has 0 aliphatic carbocycles. The van der Waals surface area contributed by atoms with Gasteiger partial charge in [-0.05, 0) is 50.6 Å². The topological polar surface area (TPSA) is 84.9 Å². The minimum absolute atomic E-state index is 0.0429. The van der Waals surface area contributed by atoms with Gasteiger partial charge < -0.3 is 19.9 Å². The van der Waals surface area contributed by atoms with Gasteiger partial charge in [0.1, 0.15) is 11.5 Å². The number of rotatable bonds is 9. The molecule has 2 N–H and O–H groups in total. The number of ether oxygens (including phenoxy) is 2. The molecule has 2 aromatic carbocycles. The molecule has 1 amide bonds. The Bertz CT molecular complexity index is 743. The summed E-state index contributed by atoms with van der Waals surface area (Å²) in [6, 6.07) is 15.4. The summed E-state index contributed by atoms with van der Waals surface area (Å²) in [6.07, 6.45) is -0.942. The average molecular weight is 371 g/mol. The minimum atomic E-state index is -1.00. The quantitative estimate of drug-likeness (QED) is 0.704. The van der Waals surface area contributed by atoms with Crippen molar-refractivity contribution >= 4 is 11.9 Å². The van der Waals surface area contributed by atoms with Gasteiger partial charge in [0.15, 0.2) is 6.10 Å². The predicted octanol–water partition coefficient (Wildman–Crippen LogP) is 3.57. The number of nitrogens with one attached hydrogen (secondary N) is 1. The normalized spacial score (nSPS) is 12.9. The maximum absolute atomic E-state index is 12.5. The van der Waals surface area contributed by atoms with Gasteiger partial charge in [-0.2, -0.15) is 0 Å². The number of carbonyl (C=O) groups excluding carboxylic acids is 1. The molecule has 0 saturated carbocycles. The van der Waals surface area contributed by atoms with Crippen LogP contribution < -0.4 is 14.8 Å². The highest BCUT2D eigenvalue weighted by Crippen LogP contribution is 2.22. The van der Waals surface area contributed by atoms with Crippen molar-refractivity contribution in [3.05, 3.63) is 60.2 Å². The second-order valence-corrected chi connectivity index (χ2v) is 6.47. The smallest absolute Gasteiger partial charge is 0.305 e. The number of carbonyl (C=O) groups is 2. The molecule has 27 heavy (non-hydrogen) atoms. The fraction of sp³-hybridized carbons (Fsp3) is 0.333. The summed E-state index contributed by atoms with van der Waals surface area (Å²) in [5, 5.41) is 12.0. The molecule has 0 unspecified atom stereocenters. The predicted molar refractivity (Wildman–Crippen MR) is 102 cm³/mol. The van der Waals surface area contributed by atoms with Gasteiger partial charge in [0.05, 0.1) is 18.6 Å². The molecule has 0 aromatic heterocycles. The largest absolute Gasteiger partial charge is 0.491 e. The number of para-hydroxylation sites is 1. The van der Waals surface area contributed by atoms with Crippen LogP contribution in [0, 0.1) is 0 Å². The average Bonchev–Trinajstić information content (AvgIpc) is 2.61. The highest BCUT2D eigenvalue weighted by atomic mass is 16.5. The van der Waals surface area contributed by atoms with E-state index in [-0.39, 0.29) is 18.4 Å². The van der Waals surface area contributed by atoms with E-state index in [9.17, 15) is 14.7 Å². The summed E-state index contributed by atoms with van der Waals surface area (Å²) in [5.74, 6) is -0.118. The van der Waals surface area contributed by atoms with Crippen LogP contribution >= 0.6 is 0 Å². The molecule has 6 heteroatoms. The molecule has 2 atom stereocenters. The zero-order valence-electron chi connectivity index (χ0n) is 15.7. The highest BCUT2D eigenvalue weighted by Gasteiger charge is 2.22. The molecule has 0 aliphatic rings. The van der Waals surface area contributed by atoms with E-state index in [4.69, 9.17) is 9.47 Å². The Morgan fingerprint density at radius 1 is 0.926 bits per heavy atom. The van der Waals surface area contributed by atoms with Gasteiger partial charge in [-0.3, -0.25) is 9.59 Å². The maximum atomic E-state index is 12.5. The zero-order valence-corrected chi connectivity index (χ0v) is 15.7. The van der Waals surface area contributed by atoms with Crippen LogP contribution in [0.3, 0.4) is 0 Å². The minimum Gasteiger partial charge on any atom is -0.491 e. The second kappa shape index (κ2) is 9.62. The van der Waals surface area contributed by atoms with E-state index in [0.717, 1.165) is 0 Å². The van der Waals surface area contributed by atoms with Crippen LogP contribution in [0.2, 0.25) is 0 Å². The molecular weight excluding hydrogens is 346 g/mol. The van der Waals surface area contributed by atoms with Gasteiger partial charge in [0.25, 0.3) is 5.91 Å². The van der Waals surface area contributed by atoms with Gasteiger partial charge in [-0.1, -0.05) is 30.3 Å². The molecule has 0 aliphatic heterocycles. The van der Waals surface area contributed by atoms with Crippen LogP contribution in [-0.4, -0.2) is 29.2 Å². The Morgan fingerprint density at radius 3 is 2.07 bits per heavy atom. The third kappa shape index (κ3) is 6.66. The maximum Gasteiger partial charge on any atom is 0.305 e. The molecule has 0 saturated heterocycles. The van der Waals surface area contributed by atoms with E-state index < -0.39 is 18.1 Å². The number of carboxylic acid groups (broad SMARTS) is 1. The zero-order chi connectivity index (χ0) is 19.8. The number of hydrogen-bond acceptors (Lipinski definition) is 4. The van der Waals surface area contributed by atoms with Crippen LogP contribution in [0.15, 0.2) is 54.6 Å². The number of amides is 1. The third-order valence-electron chi connectivity index (χ3n) is 3.77. The number of benzene rings is 2. The van der Waals surface area contributed by atoms with Crippen LogP contribution in [0.25, 0.3) is 0 Å².